The van der Waals surface area contributed by atoms with Gasteiger partial charge in [0, 0.05) is 25.0 Å². The summed E-state index contributed by atoms with van der Waals surface area (Å²) in [5, 5.41) is 0. The Morgan fingerprint density at radius 3 is 2.26 bits per heavy atom. The van der Waals surface area contributed by atoms with Gasteiger partial charge < -0.3 is 4.98 Å². The molecule has 0 bridgehead atoms. The molecule has 2 rings (SSSR count). The van der Waals surface area contributed by atoms with Crippen LogP contribution >= 0.6 is 0 Å². The molecular formula is C16H23N3. The van der Waals surface area contributed by atoms with Crippen molar-refractivity contribution >= 4 is 0 Å². The molecule has 1 heterocycles. The average Bonchev–Trinajstić information content (AvgIpc) is 2.84. The van der Waals surface area contributed by atoms with Crippen LogP contribution in [0.4, 0.5) is 0 Å². The van der Waals surface area contributed by atoms with Gasteiger partial charge in [0.2, 0.25) is 0 Å². The Hall–Kier alpha value is -1.61. The van der Waals surface area contributed by atoms with Gasteiger partial charge in [-0.3, -0.25) is 4.90 Å². The van der Waals surface area contributed by atoms with Crippen molar-refractivity contribution in [3.8, 4) is 0 Å². The van der Waals surface area contributed by atoms with Crippen LogP contribution in [0.15, 0.2) is 30.5 Å². The van der Waals surface area contributed by atoms with Gasteiger partial charge >= 0.3 is 0 Å². The topological polar surface area (TPSA) is 31.9 Å². The highest BCUT2D eigenvalue weighted by Crippen LogP contribution is 2.10. The van der Waals surface area contributed by atoms with Gasteiger partial charge in [0.1, 0.15) is 5.82 Å². The predicted molar refractivity (Wildman–Crippen MR) is 78.9 cm³/mol. The number of hydrogen-bond donors (Lipinski definition) is 1. The lowest BCUT2D eigenvalue weighted by molar-refractivity contribution is 0.268. The van der Waals surface area contributed by atoms with Gasteiger partial charge in [-0.2, -0.15) is 0 Å². The number of hydrogen-bond acceptors (Lipinski definition) is 2. The summed E-state index contributed by atoms with van der Waals surface area (Å²) in [6.45, 7) is 9.32. The Labute approximate surface area is 115 Å². The highest BCUT2D eigenvalue weighted by Gasteiger charge is 2.06. The minimum absolute atomic E-state index is 0.923. The summed E-state index contributed by atoms with van der Waals surface area (Å²) in [5.41, 5.74) is 3.95. The zero-order chi connectivity index (χ0) is 13.7. The van der Waals surface area contributed by atoms with Crippen LogP contribution in [-0.2, 0) is 19.5 Å². The van der Waals surface area contributed by atoms with Crippen molar-refractivity contribution < 1.29 is 0 Å². The van der Waals surface area contributed by atoms with Crippen LogP contribution < -0.4 is 0 Å². The van der Waals surface area contributed by atoms with Gasteiger partial charge in [-0.25, -0.2) is 4.98 Å². The fraction of sp³-hybridized carbons (Fsp3) is 0.438. The number of nitrogens with zero attached hydrogens (tertiary/aromatic N) is 2. The van der Waals surface area contributed by atoms with Crippen molar-refractivity contribution in [3.63, 3.8) is 0 Å². The van der Waals surface area contributed by atoms with E-state index in [0.717, 1.165) is 31.9 Å². The van der Waals surface area contributed by atoms with E-state index in [1.165, 1.54) is 16.8 Å². The number of nitrogens with one attached hydrogen (secondary N) is 1. The van der Waals surface area contributed by atoms with Crippen molar-refractivity contribution in [2.75, 3.05) is 6.54 Å². The standard InChI is InChI=1S/C16H23N3/c1-4-14-6-8-15(9-7-14)11-19(5-2)12-16-10-17-13(3)18-16/h6-10H,4-5,11-12H2,1-3H3,(H,17,18). The molecule has 2 aromatic rings. The molecule has 102 valence electrons. The van der Waals surface area contributed by atoms with Gasteiger partial charge in [-0.05, 0) is 31.0 Å². The second-order valence-corrected chi connectivity index (χ2v) is 4.97. The molecule has 0 aliphatic carbocycles. The van der Waals surface area contributed by atoms with E-state index in [1.807, 2.05) is 13.1 Å². The summed E-state index contributed by atoms with van der Waals surface area (Å²) >= 11 is 0. The van der Waals surface area contributed by atoms with Crippen LogP contribution in [0.5, 0.6) is 0 Å². The van der Waals surface area contributed by atoms with Gasteiger partial charge in [0.05, 0.1) is 0 Å². The fourth-order valence-electron chi connectivity index (χ4n) is 2.21. The first kappa shape index (κ1) is 13.8. The lowest BCUT2D eigenvalue weighted by atomic mass is 10.1. The second-order valence-electron chi connectivity index (χ2n) is 4.97. The van der Waals surface area contributed by atoms with E-state index in [0.29, 0.717) is 0 Å². The van der Waals surface area contributed by atoms with E-state index < -0.39 is 0 Å². The first-order valence-corrected chi connectivity index (χ1v) is 7.02. The molecule has 19 heavy (non-hydrogen) atoms. The highest BCUT2D eigenvalue weighted by atomic mass is 15.1. The number of benzene rings is 1. The molecule has 0 fully saturated rings. The number of aromatic nitrogens is 2. The van der Waals surface area contributed by atoms with E-state index in [-0.39, 0.29) is 0 Å². The molecule has 0 radical (unpaired) electrons. The summed E-state index contributed by atoms with van der Waals surface area (Å²) in [5.74, 6) is 0.985. The smallest absolute Gasteiger partial charge is 0.103 e. The molecular weight excluding hydrogens is 234 g/mol. The summed E-state index contributed by atoms with van der Waals surface area (Å²) in [7, 11) is 0. The van der Waals surface area contributed by atoms with Crippen LogP contribution in [0.3, 0.4) is 0 Å². The summed E-state index contributed by atoms with van der Waals surface area (Å²) in [4.78, 5) is 9.95. The van der Waals surface area contributed by atoms with Gasteiger partial charge in [-0.15, -0.1) is 0 Å². The van der Waals surface area contributed by atoms with E-state index in [4.69, 9.17) is 0 Å². The molecule has 0 aliphatic rings. The van der Waals surface area contributed by atoms with Gasteiger partial charge in [0.25, 0.3) is 0 Å². The molecule has 3 nitrogen and oxygen atoms in total. The molecule has 1 aromatic carbocycles. The van der Waals surface area contributed by atoms with E-state index >= 15 is 0 Å². The molecule has 1 aromatic heterocycles. The average molecular weight is 257 g/mol. The zero-order valence-electron chi connectivity index (χ0n) is 12.1. The number of rotatable bonds is 6. The third-order valence-corrected chi connectivity index (χ3v) is 3.43. The molecule has 0 unspecified atom stereocenters. The first-order valence-electron chi connectivity index (χ1n) is 7.02. The van der Waals surface area contributed by atoms with Crippen molar-refractivity contribution in [3.05, 3.63) is 53.1 Å². The molecule has 0 saturated carbocycles. The molecule has 0 amide bonds. The van der Waals surface area contributed by atoms with Crippen molar-refractivity contribution in [2.24, 2.45) is 0 Å². The maximum atomic E-state index is 4.25. The third kappa shape index (κ3) is 3.93. The number of aromatic amines is 1. The van der Waals surface area contributed by atoms with E-state index in [1.54, 1.807) is 0 Å². The van der Waals surface area contributed by atoms with Crippen LogP contribution in [-0.4, -0.2) is 21.4 Å². The minimum atomic E-state index is 0.923. The molecule has 0 saturated heterocycles. The largest absolute Gasteiger partial charge is 0.345 e. The Balaban J connectivity index is 1.97. The van der Waals surface area contributed by atoms with E-state index in [9.17, 15) is 0 Å². The third-order valence-electron chi connectivity index (χ3n) is 3.43. The highest BCUT2D eigenvalue weighted by molar-refractivity contribution is 5.22. The van der Waals surface area contributed by atoms with Crippen molar-refractivity contribution in [1.82, 2.24) is 14.9 Å². The Kier molecular flexibility index (Phi) is 4.74. The van der Waals surface area contributed by atoms with Crippen LogP contribution in [0.25, 0.3) is 0 Å². The summed E-state index contributed by atoms with van der Waals surface area (Å²) in [6, 6.07) is 8.92. The maximum Gasteiger partial charge on any atom is 0.103 e. The van der Waals surface area contributed by atoms with Gasteiger partial charge in [-0.1, -0.05) is 38.1 Å². The molecule has 1 N–H and O–H groups in total. The minimum Gasteiger partial charge on any atom is -0.345 e. The van der Waals surface area contributed by atoms with E-state index in [2.05, 4.69) is 53.0 Å². The zero-order valence-corrected chi connectivity index (χ0v) is 12.1. The number of imidazole rings is 1. The summed E-state index contributed by atoms with van der Waals surface area (Å²) in [6.07, 6.45) is 3.03. The molecule has 0 spiro atoms. The van der Waals surface area contributed by atoms with Crippen molar-refractivity contribution in [1.29, 1.82) is 0 Å². The monoisotopic (exact) mass is 257 g/mol. The Morgan fingerprint density at radius 1 is 1.05 bits per heavy atom. The molecule has 0 atom stereocenters. The van der Waals surface area contributed by atoms with Crippen LogP contribution in [0.1, 0.15) is 36.5 Å². The lowest BCUT2D eigenvalue weighted by Crippen LogP contribution is -2.22. The predicted octanol–water partition coefficient (Wildman–Crippen LogP) is 3.30. The van der Waals surface area contributed by atoms with Gasteiger partial charge in [0.15, 0.2) is 0 Å². The van der Waals surface area contributed by atoms with Crippen LogP contribution in [0.2, 0.25) is 0 Å². The molecule has 3 heteroatoms. The quantitative estimate of drug-likeness (QED) is 0.861. The van der Waals surface area contributed by atoms with Crippen molar-refractivity contribution in [2.45, 2.75) is 40.3 Å². The fourth-order valence-corrected chi connectivity index (χ4v) is 2.21. The Morgan fingerprint density at radius 2 is 1.74 bits per heavy atom. The summed E-state index contributed by atoms with van der Waals surface area (Å²) < 4.78 is 0. The number of H-pyrrole nitrogens is 1. The first-order chi connectivity index (χ1) is 9.21. The normalized spacial score (nSPS) is 11.2. The Bertz CT molecular complexity index is 499. The van der Waals surface area contributed by atoms with Crippen LogP contribution in [0, 0.1) is 6.92 Å². The second kappa shape index (κ2) is 6.53. The lowest BCUT2D eigenvalue weighted by Gasteiger charge is -2.19. The molecule has 0 aliphatic heterocycles. The maximum absolute atomic E-state index is 4.25. The number of aryl methyl sites for hydroxylation is 2. The SMILES string of the molecule is CCc1ccc(CN(CC)Cc2cnc(C)[nH]2)cc1.